The van der Waals surface area contributed by atoms with Crippen molar-refractivity contribution in [1.82, 2.24) is 5.32 Å². The maximum atomic E-state index is 6.27. The van der Waals surface area contributed by atoms with Crippen LogP contribution in [0.3, 0.4) is 0 Å². The minimum absolute atomic E-state index is 0.352. The van der Waals surface area contributed by atoms with Crippen molar-refractivity contribution in [2.75, 3.05) is 37.7 Å². The molecule has 0 atom stereocenters. The van der Waals surface area contributed by atoms with E-state index in [1.54, 1.807) is 0 Å². The summed E-state index contributed by atoms with van der Waals surface area (Å²) in [6, 6.07) is 4.12. The van der Waals surface area contributed by atoms with Crippen LogP contribution in [0.5, 0.6) is 0 Å². The van der Waals surface area contributed by atoms with Crippen molar-refractivity contribution in [1.29, 1.82) is 0 Å². The molecule has 0 aliphatic carbocycles. The number of hydrogen-bond donors (Lipinski definition) is 1. The SMILES string of the molecule is CCOOCc1cc(N2CCNCC2)cc(Br)c1Cl. The maximum Gasteiger partial charge on any atom is 0.109 e. The van der Waals surface area contributed by atoms with Gasteiger partial charge in [-0.25, -0.2) is 9.78 Å². The van der Waals surface area contributed by atoms with Gasteiger partial charge in [-0.3, -0.25) is 0 Å². The van der Waals surface area contributed by atoms with Crippen LogP contribution in [-0.4, -0.2) is 32.8 Å². The average molecular weight is 350 g/mol. The molecule has 0 amide bonds. The van der Waals surface area contributed by atoms with Gasteiger partial charge in [0.15, 0.2) is 0 Å². The van der Waals surface area contributed by atoms with E-state index in [1.165, 1.54) is 0 Å². The Kier molecular flexibility index (Phi) is 5.91. The molecule has 1 aliphatic heterocycles. The molecule has 0 radical (unpaired) electrons. The second kappa shape index (κ2) is 7.45. The van der Waals surface area contributed by atoms with Crippen molar-refractivity contribution >= 4 is 33.2 Å². The van der Waals surface area contributed by atoms with Crippen LogP contribution in [-0.2, 0) is 16.4 Å². The van der Waals surface area contributed by atoms with Gasteiger partial charge >= 0.3 is 0 Å². The van der Waals surface area contributed by atoms with E-state index in [9.17, 15) is 0 Å². The fourth-order valence-electron chi connectivity index (χ4n) is 2.03. The third-order valence-electron chi connectivity index (χ3n) is 2.99. The Labute approximate surface area is 127 Å². The zero-order chi connectivity index (χ0) is 13.7. The summed E-state index contributed by atoms with van der Waals surface area (Å²) in [6.45, 7) is 6.77. The Bertz CT molecular complexity index is 425. The van der Waals surface area contributed by atoms with Gasteiger partial charge in [0, 0.05) is 41.9 Å². The number of benzene rings is 1. The van der Waals surface area contributed by atoms with Gasteiger partial charge in [-0.1, -0.05) is 11.6 Å². The highest BCUT2D eigenvalue weighted by Gasteiger charge is 2.14. The normalized spacial score (nSPS) is 15.8. The smallest absolute Gasteiger partial charge is 0.109 e. The lowest BCUT2D eigenvalue weighted by atomic mass is 10.2. The first-order valence-corrected chi connectivity index (χ1v) is 7.57. The van der Waals surface area contributed by atoms with E-state index in [0.29, 0.717) is 18.2 Å². The van der Waals surface area contributed by atoms with Crippen molar-refractivity contribution in [2.24, 2.45) is 0 Å². The highest BCUT2D eigenvalue weighted by molar-refractivity contribution is 9.10. The van der Waals surface area contributed by atoms with Gasteiger partial charge in [0.05, 0.1) is 11.6 Å². The van der Waals surface area contributed by atoms with Gasteiger partial charge in [0.25, 0.3) is 0 Å². The summed E-state index contributed by atoms with van der Waals surface area (Å²) in [5.74, 6) is 0. The molecule has 1 aliphatic rings. The van der Waals surface area contributed by atoms with Crippen LogP contribution in [0, 0.1) is 0 Å². The summed E-state index contributed by atoms with van der Waals surface area (Å²) in [5, 5.41) is 4.02. The van der Waals surface area contributed by atoms with Crippen LogP contribution in [0.2, 0.25) is 5.02 Å². The molecule has 4 nitrogen and oxygen atoms in total. The van der Waals surface area contributed by atoms with Crippen molar-refractivity contribution in [3.05, 3.63) is 27.2 Å². The topological polar surface area (TPSA) is 33.7 Å². The van der Waals surface area contributed by atoms with Gasteiger partial charge < -0.3 is 10.2 Å². The molecule has 1 fully saturated rings. The lowest BCUT2D eigenvalue weighted by molar-refractivity contribution is -0.300. The van der Waals surface area contributed by atoms with E-state index in [0.717, 1.165) is 41.9 Å². The van der Waals surface area contributed by atoms with E-state index in [2.05, 4.69) is 38.3 Å². The summed E-state index contributed by atoms with van der Waals surface area (Å²) in [4.78, 5) is 12.4. The molecule has 1 N–H and O–H groups in total. The van der Waals surface area contributed by atoms with Crippen molar-refractivity contribution in [2.45, 2.75) is 13.5 Å². The maximum absolute atomic E-state index is 6.27. The number of nitrogens with zero attached hydrogens (tertiary/aromatic N) is 1. The highest BCUT2D eigenvalue weighted by Crippen LogP contribution is 2.32. The van der Waals surface area contributed by atoms with Crippen molar-refractivity contribution < 1.29 is 9.78 Å². The van der Waals surface area contributed by atoms with Gasteiger partial charge in [0.1, 0.15) is 6.61 Å². The number of anilines is 1. The fraction of sp³-hybridized carbons (Fsp3) is 0.538. The largest absolute Gasteiger partial charge is 0.369 e. The third kappa shape index (κ3) is 4.07. The van der Waals surface area contributed by atoms with Crippen molar-refractivity contribution in [3.63, 3.8) is 0 Å². The molecular formula is C13H18BrClN2O2. The van der Waals surface area contributed by atoms with Crippen LogP contribution in [0.15, 0.2) is 16.6 Å². The molecule has 2 rings (SSSR count). The summed E-state index contributed by atoms with van der Waals surface area (Å²) < 4.78 is 0.889. The van der Waals surface area contributed by atoms with Crippen molar-refractivity contribution in [3.8, 4) is 0 Å². The third-order valence-corrected chi connectivity index (χ3v) is 4.29. The lowest BCUT2D eigenvalue weighted by Gasteiger charge is -2.30. The molecule has 1 aromatic rings. The summed E-state index contributed by atoms with van der Waals surface area (Å²) in [7, 11) is 0. The molecule has 6 heteroatoms. The highest BCUT2D eigenvalue weighted by atomic mass is 79.9. The van der Waals surface area contributed by atoms with Gasteiger partial charge in [-0.2, -0.15) is 0 Å². The average Bonchev–Trinajstić information content (AvgIpc) is 2.44. The molecule has 0 unspecified atom stereocenters. The molecular weight excluding hydrogens is 332 g/mol. The summed E-state index contributed by atoms with van der Waals surface area (Å²) >= 11 is 9.77. The predicted octanol–water partition coefficient (Wildman–Crippen LogP) is 2.98. The molecule has 1 saturated heterocycles. The molecule has 106 valence electrons. The number of halogens is 2. The molecule has 1 heterocycles. The van der Waals surface area contributed by atoms with Crippen LogP contribution in [0.25, 0.3) is 0 Å². The minimum Gasteiger partial charge on any atom is -0.369 e. The standard InChI is InChI=1S/C13H18BrClN2O2/c1-2-18-19-9-10-7-11(8-12(14)13(10)15)17-5-3-16-4-6-17/h7-8,16H,2-6,9H2,1H3. The molecule has 0 saturated carbocycles. The summed E-state index contributed by atoms with van der Waals surface area (Å²) in [5.41, 5.74) is 2.09. The lowest BCUT2D eigenvalue weighted by Crippen LogP contribution is -2.43. The second-order valence-electron chi connectivity index (χ2n) is 4.31. The number of piperazine rings is 1. The molecule has 1 aromatic carbocycles. The number of rotatable bonds is 5. The van der Waals surface area contributed by atoms with Crippen LogP contribution >= 0.6 is 27.5 Å². The quantitative estimate of drug-likeness (QED) is 0.503. The zero-order valence-corrected chi connectivity index (χ0v) is 13.3. The Morgan fingerprint density at radius 2 is 2.05 bits per heavy atom. The molecule has 0 spiro atoms. The van der Waals surface area contributed by atoms with Crippen LogP contribution < -0.4 is 10.2 Å². The molecule has 0 bridgehead atoms. The summed E-state index contributed by atoms with van der Waals surface area (Å²) in [6.07, 6.45) is 0. The first kappa shape index (κ1) is 15.1. The van der Waals surface area contributed by atoms with Crippen LogP contribution in [0.1, 0.15) is 12.5 Å². The number of nitrogens with one attached hydrogen (secondary N) is 1. The van der Waals surface area contributed by atoms with E-state index in [4.69, 9.17) is 21.4 Å². The van der Waals surface area contributed by atoms with E-state index < -0.39 is 0 Å². The molecule has 19 heavy (non-hydrogen) atoms. The molecule has 0 aromatic heterocycles. The van der Waals surface area contributed by atoms with Gasteiger partial charge in [-0.15, -0.1) is 0 Å². The fourth-order valence-corrected chi connectivity index (χ4v) is 2.68. The van der Waals surface area contributed by atoms with Crippen LogP contribution in [0.4, 0.5) is 5.69 Å². The predicted molar refractivity (Wildman–Crippen MR) is 80.6 cm³/mol. The Morgan fingerprint density at radius 3 is 2.74 bits per heavy atom. The van der Waals surface area contributed by atoms with Gasteiger partial charge in [-0.05, 0) is 35.0 Å². The number of hydrogen-bond acceptors (Lipinski definition) is 4. The van der Waals surface area contributed by atoms with E-state index in [-0.39, 0.29) is 0 Å². The van der Waals surface area contributed by atoms with E-state index in [1.807, 2.05) is 6.92 Å². The minimum atomic E-state index is 0.352. The Hall–Kier alpha value is -0.330. The second-order valence-corrected chi connectivity index (χ2v) is 5.54. The first-order chi connectivity index (χ1) is 9.22. The van der Waals surface area contributed by atoms with Gasteiger partial charge in [0.2, 0.25) is 0 Å². The Morgan fingerprint density at radius 1 is 1.32 bits per heavy atom. The monoisotopic (exact) mass is 348 g/mol. The Balaban J connectivity index is 2.15. The zero-order valence-electron chi connectivity index (χ0n) is 10.9. The van der Waals surface area contributed by atoms with E-state index >= 15 is 0 Å². The first-order valence-electron chi connectivity index (χ1n) is 6.40.